The summed E-state index contributed by atoms with van der Waals surface area (Å²) < 4.78 is 0. The van der Waals surface area contributed by atoms with E-state index in [-0.39, 0.29) is 5.75 Å². The largest absolute Gasteiger partial charge is 0.508 e. The predicted octanol–water partition coefficient (Wildman–Crippen LogP) is 2.49. The Kier molecular flexibility index (Phi) is 3.34. The van der Waals surface area contributed by atoms with E-state index in [0.717, 1.165) is 5.56 Å². The second-order valence-electron chi connectivity index (χ2n) is 2.44. The standard InChI is InChI=1S/C11H9NO/c12-9-3-1-2-4-10-5-7-11(13)8-6-10/h1-8,13H. The summed E-state index contributed by atoms with van der Waals surface area (Å²) in [6.07, 6.45) is 6.69. The number of aromatic hydroxyl groups is 1. The first-order valence-corrected chi connectivity index (χ1v) is 3.85. The van der Waals surface area contributed by atoms with E-state index in [1.54, 1.807) is 36.4 Å². The maximum atomic E-state index is 8.99. The number of hydrogen-bond donors (Lipinski definition) is 1. The third-order valence-electron chi connectivity index (χ3n) is 1.46. The van der Waals surface area contributed by atoms with Crippen molar-refractivity contribution in [3.63, 3.8) is 0 Å². The molecular formula is C11H9NO. The summed E-state index contributed by atoms with van der Waals surface area (Å²) in [5.74, 6) is 0.254. The van der Waals surface area contributed by atoms with Gasteiger partial charge in [-0.25, -0.2) is 0 Å². The first-order valence-electron chi connectivity index (χ1n) is 3.85. The molecule has 1 N–H and O–H groups in total. The fourth-order valence-corrected chi connectivity index (χ4v) is 0.851. The van der Waals surface area contributed by atoms with E-state index in [9.17, 15) is 0 Å². The molecule has 0 unspecified atom stereocenters. The molecule has 64 valence electrons. The maximum absolute atomic E-state index is 8.99. The summed E-state index contributed by atoms with van der Waals surface area (Å²) in [6.45, 7) is 0. The molecule has 0 aliphatic rings. The van der Waals surface area contributed by atoms with E-state index in [0.29, 0.717) is 0 Å². The van der Waals surface area contributed by atoms with Crippen LogP contribution < -0.4 is 0 Å². The van der Waals surface area contributed by atoms with Crippen molar-refractivity contribution in [3.8, 4) is 11.8 Å². The van der Waals surface area contributed by atoms with Crippen molar-refractivity contribution in [1.29, 1.82) is 5.26 Å². The Hall–Kier alpha value is -2.01. The normalized spacial score (nSPS) is 10.7. The van der Waals surface area contributed by atoms with Gasteiger partial charge in [0, 0.05) is 6.08 Å². The molecule has 0 aliphatic heterocycles. The van der Waals surface area contributed by atoms with Gasteiger partial charge in [-0.05, 0) is 17.7 Å². The van der Waals surface area contributed by atoms with Crippen LogP contribution >= 0.6 is 0 Å². The van der Waals surface area contributed by atoms with Crippen LogP contribution in [0.4, 0.5) is 0 Å². The Morgan fingerprint density at radius 3 is 2.46 bits per heavy atom. The van der Waals surface area contributed by atoms with Crippen molar-refractivity contribution >= 4 is 6.08 Å². The van der Waals surface area contributed by atoms with Crippen molar-refractivity contribution < 1.29 is 5.11 Å². The van der Waals surface area contributed by atoms with Gasteiger partial charge in [-0.2, -0.15) is 5.26 Å². The minimum atomic E-state index is 0.254. The lowest BCUT2D eigenvalue weighted by Crippen LogP contribution is -1.68. The van der Waals surface area contributed by atoms with Gasteiger partial charge in [-0.1, -0.05) is 30.4 Å². The maximum Gasteiger partial charge on any atom is 0.115 e. The van der Waals surface area contributed by atoms with Crippen LogP contribution in [0.3, 0.4) is 0 Å². The van der Waals surface area contributed by atoms with Gasteiger partial charge < -0.3 is 5.11 Å². The smallest absolute Gasteiger partial charge is 0.115 e. The lowest BCUT2D eigenvalue weighted by molar-refractivity contribution is 0.475. The molecule has 0 fully saturated rings. The Morgan fingerprint density at radius 1 is 1.15 bits per heavy atom. The highest BCUT2D eigenvalue weighted by Crippen LogP contribution is 2.10. The van der Waals surface area contributed by atoms with Crippen LogP contribution in [-0.2, 0) is 0 Å². The third kappa shape index (κ3) is 3.26. The number of allylic oxidation sites excluding steroid dienone is 3. The third-order valence-corrected chi connectivity index (χ3v) is 1.46. The average molecular weight is 171 g/mol. The number of benzene rings is 1. The van der Waals surface area contributed by atoms with Gasteiger partial charge in [0.2, 0.25) is 0 Å². The van der Waals surface area contributed by atoms with E-state index in [2.05, 4.69) is 0 Å². The molecule has 2 nitrogen and oxygen atoms in total. The zero-order valence-electron chi connectivity index (χ0n) is 7.01. The first-order chi connectivity index (χ1) is 6.33. The quantitative estimate of drug-likeness (QED) is 0.548. The number of rotatable bonds is 2. The molecule has 0 bridgehead atoms. The summed E-state index contributed by atoms with van der Waals surface area (Å²) in [4.78, 5) is 0. The van der Waals surface area contributed by atoms with Crippen molar-refractivity contribution in [2.45, 2.75) is 0 Å². The molecule has 1 aromatic rings. The van der Waals surface area contributed by atoms with Gasteiger partial charge in [-0.15, -0.1) is 0 Å². The zero-order valence-corrected chi connectivity index (χ0v) is 7.01. The Morgan fingerprint density at radius 2 is 1.85 bits per heavy atom. The highest BCUT2D eigenvalue weighted by Gasteiger charge is 1.85. The van der Waals surface area contributed by atoms with Crippen molar-refractivity contribution in [3.05, 3.63) is 48.1 Å². The van der Waals surface area contributed by atoms with Crippen LogP contribution in [0.15, 0.2) is 42.5 Å². The molecule has 0 atom stereocenters. The summed E-state index contributed by atoms with van der Waals surface area (Å²) in [7, 11) is 0. The van der Waals surface area contributed by atoms with Crippen molar-refractivity contribution in [1.82, 2.24) is 0 Å². The number of nitrogens with zero attached hydrogens (tertiary/aromatic N) is 1. The van der Waals surface area contributed by atoms with Crippen LogP contribution in [0, 0.1) is 11.3 Å². The topological polar surface area (TPSA) is 44.0 Å². The number of phenols is 1. The second-order valence-corrected chi connectivity index (χ2v) is 2.44. The van der Waals surface area contributed by atoms with Crippen molar-refractivity contribution in [2.75, 3.05) is 0 Å². The van der Waals surface area contributed by atoms with Crippen LogP contribution in [0.5, 0.6) is 5.75 Å². The van der Waals surface area contributed by atoms with E-state index >= 15 is 0 Å². The number of hydrogen-bond acceptors (Lipinski definition) is 2. The minimum Gasteiger partial charge on any atom is -0.508 e. The second kappa shape index (κ2) is 4.78. The van der Waals surface area contributed by atoms with E-state index in [1.165, 1.54) is 6.08 Å². The van der Waals surface area contributed by atoms with E-state index < -0.39 is 0 Å². The Bertz CT molecular complexity index is 355. The molecule has 0 aromatic heterocycles. The summed E-state index contributed by atoms with van der Waals surface area (Å²) in [5, 5.41) is 17.2. The molecule has 0 saturated heterocycles. The highest BCUT2D eigenvalue weighted by atomic mass is 16.3. The van der Waals surface area contributed by atoms with E-state index in [4.69, 9.17) is 10.4 Å². The average Bonchev–Trinajstić information content (AvgIpc) is 2.15. The fraction of sp³-hybridized carbons (Fsp3) is 0. The van der Waals surface area contributed by atoms with Gasteiger partial charge in [0.05, 0.1) is 6.07 Å². The van der Waals surface area contributed by atoms with Crippen molar-refractivity contribution in [2.24, 2.45) is 0 Å². The molecule has 0 heterocycles. The van der Waals surface area contributed by atoms with Crippen LogP contribution in [0.2, 0.25) is 0 Å². The Balaban J connectivity index is 2.65. The summed E-state index contributed by atoms with van der Waals surface area (Å²) >= 11 is 0. The molecule has 1 aromatic carbocycles. The lowest BCUT2D eigenvalue weighted by atomic mass is 10.2. The molecule has 0 saturated carbocycles. The zero-order chi connectivity index (χ0) is 9.52. The Labute approximate surface area is 77.1 Å². The van der Waals surface area contributed by atoms with E-state index in [1.807, 2.05) is 12.1 Å². The van der Waals surface area contributed by atoms with Crippen LogP contribution in [-0.4, -0.2) is 5.11 Å². The number of nitriles is 1. The molecule has 2 heteroatoms. The molecule has 0 amide bonds. The van der Waals surface area contributed by atoms with Crippen LogP contribution in [0.1, 0.15) is 5.56 Å². The monoisotopic (exact) mass is 171 g/mol. The molecular weight excluding hydrogens is 162 g/mol. The van der Waals surface area contributed by atoms with Gasteiger partial charge >= 0.3 is 0 Å². The van der Waals surface area contributed by atoms with Crippen LogP contribution in [0.25, 0.3) is 6.08 Å². The molecule has 13 heavy (non-hydrogen) atoms. The van der Waals surface area contributed by atoms with Gasteiger partial charge in [0.1, 0.15) is 5.75 Å². The molecule has 1 rings (SSSR count). The number of phenolic OH excluding ortho intramolecular Hbond substituents is 1. The van der Waals surface area contributed by atoms with Gasteiger partial charge in [0.25, 0.3) is 0 Å². The minimum absolute atomic E-state index is 0.254. The summed E-state index contributed by atoms with van der Waals surface area (Å²) in [6, 6.07) is 8.72. The first kappa shape index (κ1) is 9.08. The SMILES string of the molecule is N#CC=CC=Cc1ccc(O)cc1. The molecule has 0 aliphatic carbocycles. The van der Waals surface area contributed by atoms with Gasteiger partial charge in [0.15, 0.2) is 0 Å². The van der Waals surface area contributed by atoms with Gasteiger partial charge in [-0.3, -0.25) is 0 Å². The predicted molar refractivity (Wildman–Crippen MR) is 51.9 cm³/mol. The summed E-state index contributed by atoms with van der Waals surface area (Å²) in [5.41, 5.74) is 0.986. The molecule has 0 spiro atoms. The lowest BCUT2D eigenvalue weighted by Gasteiger charge is -1.92. The highest BCUT2D eigenvalue weighted by molar-refractivity contribution is 5.52. The fourth-order valence-electron chi connectivity index (χ4n) is 0.851. The molecule has 0 radical (unpaired) electrons.